The molecule has 0 bridgehead atoms. The van der Waals surface area contributed by atoms with Gasteiger partial charge in [-0.3, -0.25) is 4.79 Å². The molecule has 0 aromatic rings. The van der Waals surface area contributed by atoms with Crippen LogP contribution < -0.4 is 0 Å². The lowest BCUT2D eigenvalue weighted by atomic mass is 10.0. The fraction of sp³-hybridized carbons (Fsp3) is 0.977. The summed E-state index contributed by atoms with van der Waals surface area (Å²) < 4.78 is 18.0. The molecule has 0 heterocycles. The van der Waals surface area contributed by atoms with Gasteiger partial charge in [0, 0.05) is 26.2 Å². The van der Waals surface area contributed by atoms with Gasteiger partial charge in [-0.05, 0) is 84.7 Å². The molecule has 0 spiro atoms. The van der Waals surface area contributed by atoms with Gasteiger partial charge in [-0.1, -0.05) is 143 Å². The van der Waals surface area contributed by atoms with Crippen molar-refractivity contribution in [3.8, 4) is 0 Å². The molecule has 0 amide bonds. The van der Waals surface area contributed by atoms with E-state index in [9.17, 15) is 9.90 Å². The molecule has 0 aliphatic rings. The summed E-state index contributed by atoms with van der Waals surface area (Å²) in [5.74, 6) is -0.470. The van der Waals surface area contributed by atoms with Crippen molar-refractivity contribution >= 4 is 5.97 Å². The molecule has 6 nitrogen and oxygen atoms in total. The highest BCUT2D eigenvalue weighted by atomic mass is 16.7. The molecule has 0 aromatic carbocycles. The van der Waals surface area contributed by atoms with Crippen LogP contribution in [0.3, 0.4) is 0 Å². The molecule has 49 heavy (non-hydrogen) atoms. The Hall–Kier alpha value is -0.690. The number of carbonyl (C=O) groups excluding carboxylic acids is 1. The van der Waals surface area contributed by atoms with E-state index in [0.29, 0.717) is 6.42 Å². The monoisotopic (exact) mass is 698 g/mol. The summed E-state index contributed by atoms with van der Waals surface area (Å²) in [6.07, 6.45) is 34.6. The number of nitrogens with zero attached hydrogens (tertiary/aromatic N) is 1. The largest absolute Gasteiger partial charge is 0.462 e. The zero-order chi connectivity index (χ0) is 36.1. The predicted octanol–water partition coefficient (Wildman–Crippen LogP) is 12.3. The zero-order valence-electron chi connectivity index (χ0n) is 33.9. The van der Waals surface area contributed by atoms with Crippen molar-refractivity contribution in [1.82, 2.24) is 4.90 Å². The highest BCUT2D eigenvalue weighted by molar-refractivity contribution is 5.69. The van der Waals surface area contributed by atoms with Crippen molar-refractivity contribution in [1.29, 1.82) is 0 Å². The smallest absolute Gasteiger partial charge is 0.306 e. The first-order valence-corrected chi connectivity index (χ1v) is 21.7. The topological polar surface area (TPSA) is 68.2 Å². The molecule has 0 saturated heterocycles. The Balaban J connectivity index is 4.03. The van der Waals surface area contributed by atoms with Gasteiger partial charge in [0.25, 0.3) is 0 Å². The fourth-order valence-electron chi connectivity index (χ4n) is 6.60. The summed E-state index contributed by atoms with van der Waals surface area (Å²) in [7, 11) is 0. The molecule has 0 aliphatic heterocycles. The minimum atomic E-state index is -0.491. The summed E-state index contributed by atoms with van der Waals surface area (Å²) in [5.41, 5.74) is 0. The molecule has 0 fully saturated rings. The Morgan fingerprint density at radius 2 is 0.918 bits per heavy atom. The van der Waals surface area contributed by atoms with Crippen molar-refractivity contribution in [2.75, 3.05) is 39.5 Å². The summed E-state index contributed by atoms with van der Waals surface area (Å²) in [5, 5.41) is 9.56. The van der Waals surface area contributed by atoms with Crippen LogP contribution in [-0.4, -0.2) is 67.3 Å². The molecular formula is C43H87NO5. The van der Waals surface area contributed by atoms with Crippen LogP contribution >= 0.6 is 0 Å². The van der Waals surface area contributed by atoms with Crippen LogP contribution in [0.1, 0.15) is 221 Å². The molecule has 6 heteroatoms. The lowest BCUT2D eigenvalue weighted by Gasteiger charge is -2.26. The molecule has 0 unspecified atom stereocenters. The van der Waals surface area contributed by atoms with Gasteiger partial charge in [0.2, 0.25) is 0 Å². The second-order valence-electron chi connectivity index (χ2n) is 15.2. The lowest BCUT2D eigenvalue weighted by molar-refractivity contribution is -0.214. The van der Waals surface area contributed by atoms with Gasteiger partial charge in [0.05, 0.1) is 6.61 Å². The Kier molecular flexibility index (Phi) is 36.6. The number of aliphatic hydroxyl groups is 1. The molecule has 0 aromatic heterocycles. The van der Waals surface area contributed by atoms with Crippen LogP contribution in [0.25, 0.3) is 0 Å². The highest BCUT2D eigenvalue weighted by Gasteiger charge is 2.18. The van der Waals surface area contributed by atoms with Crippen LogP contribution in [0.4, 0.5) is 0 Å². The van der Waals surface area contributed by atoms with Crippen LogP contribution in [0, 0.1) is 0 Å². The van der Waals surface area contributed by atoms with Crippen molar-refractivity contribution in [3.63, 3.8) is 0 Å². The van der Waals surface area contributed by atoms with E-state index in [1.807, 2.05) is 13.8 Å². The van der Waals surface area contributed by atoms with E-state index in [1.165, 1.54) is 128 Å². The van der Waals surface area contributed by atoms with E-state index < -0.39 is 5.79 Å². The van der Waals surface area contributed by atoms with Gasteiger partial charge in [0.15, 0.2) is 5.79 Å². The number of hydrogen-bond acceptors (Lipinski definition) is 6. The summed E-state index contributed by atoms with van der Waals surface area (Å²) in [6, 6.07) is 0. The third-order valence-corrected chi connectivity index (χ3v) is 9.84. The first-order chi connectivity index (χ1) is 23.9. The Morgan fingerprint density at radius 1 is 0.531 bits per heavy atom. The number of rotatable bonds is 40. The van der Waals surface area contributed by atoms with E-state index >= 15 is 0 Å². The van der Waals surface area contributed by atoms with Crippen molar-refractivity contribution in [2.24, 2.45) is 0 Å². The summed E-state index contributed by atoms with van der Waals surface area (Å²) in [4.78, 5) is 15.1. The molecule has 0 rings (SSSR count). The Bertz CT molecular complexity index is 657. The number of esters is 1. The summed E-state index contributed by atoms with van der Waals surface area (Å²) in [6.45, 7) is 15.5. The zero-order valence-corrected chi connectivity index (χ0v) is 33.9. The predicted molar refractivity (Wildman–Crippen MR) is 210 cm³/mol. The van der Waals surface area contributed by atoms with Gasteiger partial charge < -0.3 is 24.2 Å². The van der Waals surface area contributed by atoms with E-state index in [-0.39, 0.29) is 18.7 Å². The molecule has 0 radical (unpaired) electrons. The van der Waals surface area contributed by atoms with Crippen molar-refractivity contribution in [3.05, 3.63) is 0 Å². The second-order valence-corrected chi connectivity index (χ2v) is 15.2. The second kappa shape index (κ2) is 37.1. The van der Waals surface area contributed by atoms with E-state index in [2.05, 4.69) is 25.7 Å². The minimum Gasteiger partial charge on any atom is -0.462 e. The Labute approximate surface area is 306 Å². The number of aliphatic hydroxyl groups excluding tert-OH is 1. The maximum Gasteiger partial charge on any atom is 0.306 e. The van der Waals surface area contributed by atoms with Crippen LogP contribution in [0.2, 0.25) is 0 Å². The number of carbonyl (C=O) groups is 1. The van der Waals surface area contributed by atoms with Crippen LogP contribution in [-0.2, 0) is 19.0 Å². The van der Waals surface area contributed by atoms with Gasteiger partial charge in [-0.15, -0.1) is 0 Å². The number of hydrogen-bond donors (Lipinski definition) is 1. The molecular weight excluding hydrogens is 610 g/mol. The van der Waals surface area contributed by atoms with Crippen molar-refractivity contribution < 1.29 is 24.1 Å². The first-order valence-electron chi connectivity index (χ1n) is 21.7. The van der Waals surface area contributed by atoms with Gasteiger partial charge in [-0.2, -0.15) is 0 Å². The standard InChI is InChI=1S/C43H87NO5/c1-6-9-12-15-18-25-32-41(33-26-19-16-13-10-7-2)49-42(46)34-27-20-17-21-28-35-44(37-38-45)36-29-22-24-31-40-48-43(4,5)47-39-30-23-14-11-8-3/h41,45H,6-40H2,1-5H3. The average Bonchev–Trinajstić information content (AvgIpc) is 3.08. The SMILES string of the molecule is CCCCCCCCC(CCCCCCCC)OC(=O)CCCCCCCN(CCO)CCCCCCOC(C)(C)OCCCCCCC. The quantitative estimate of drug-likeness (QED) is 0.0390. The maximum atomic E-state index is 12.7. The maximum absolute atomic E-state index is 12.7. The van der Waals surface area contributed by atoms with Crippen molar-refractivity contribution in [2.45, 2.75) is 233 Å². The lowest BCUT2D eigenvalue weighted by Crippen LogP contribution is -2.29. The van der Waals surface area contributed by atoms with Crippen LogP contribution in [0.5, 0.6) is 0 Å². The normalized spacial score (nSPS) is 12.1. The molecule has 0 saturated carbocycles. The minimum absolute atomic E-state index is 0.0212. The van der Waals surface area contributed by atoms with Gasteiger partial charge in [-0.25, -0.2) is 0 Å². The third-order valence-electron chi connectivity index (χ3n) is 9.84. The first kappa shape index (κ1) is 48.3. The van der Waals surface area contributed by atoms with E-state index in [4.69, 9.17) is 14.2 Å². The number of ether oxygens (including phenoxy) is 3. The molecule has 294 valence electrons. The van der Waals surface area contributed by atoms with Gasteiger partial charge >= 0.3 is 5.97 Å². The van der Waals surface area contributed by atoms with E-state index in [1.54, 1.807) is 0 Å². The third kappa shape index (κ3) is 35.5. The van der Waals surface area contributed by atoms with E-state index in [0.717, 1.165) is 84.2 Å². The molecule has 0 atom stereocenters. The highest BCUT2D eigenvalue weighted by Crippen LogP contribution is 2.19. The average molecular weight is 698 g/mol. The van der Waals surface area contributed by atoms with Crippen LogP contribution in [0.15, 0.2) is 0 Å². The Morgan fingerprint density at radius 3 is 1.37 bits per heavy atom. The summed E-state index contributed by atoms with van der Waals surface area (Å²) >= 11 is 0. The molecule has 1 N–H and O–H groups in total. The number of unbranched alkanes of at least 4 members (excludes halogenated alkanes) is 21. The fourth-order valence-corrected chi connectivity index (χ4v) is 6.60. The van der Waals surface area contributed by atoms with Gasteiger partial charge in [0.1, 0.15) is 6.10 Å². The molecule has 0 aliphatic carbocycles.